The summed E-state index contributed by atoms with van der Waals surface area (Å²) in [4.78, 5) is 18.6. The summed E-state index contributed by atoms with van der Waals surface area (Å²) in [6.07, 6.45) is 0.613. The van der Waals surface area contributed by atoms with E-state index < -0.39 is 9.84 Å². The van der Waals surface area contributed by atoms with Gasteiger partial charge in [-0.05, 0) is 37.2 Å². The van der Waals surface area contributed by atoms with Gasteiger partial charge in [-0.2, -0.15) is 0 Å². The zero-order valence-corrected chi connectivity index (χ0v) is 15.9. The minimum atomic E-state index is -2.95. The molecule has 1 amide bonds. The first kappa shape index (κ1) is 19.1. The van der Waals surface area contributed by atoms with Gasteiger partial charge in [0, 0.05) is 37.9 Å². The van der Waals surface area contributed by atoms with Crippen LogP contribution in [-0.2, 0) is 14.6 Å². The van der Waals surface area contributed by atoms with E-state index in [-0.39, 0.29) is 35.8 Å². The molecule has 26 heavy (non-hydrogen) atoms. The summed E-state index contributed by atoms with van der Waals surface area (Å²) >= 11 is 0. The quantitative estimate of drug-likeness (QED) is 0.759. The van der Waals surface area contributed by atoms with Crippen molar-refractivity contribution in [2.75, 3.05) is 55.7 Å². The molecule has 2 heterocycles. The minimum absolute atomic E-state index is 0.0468. The minimum Gasteiger partial charge on any atom is -0.368 e. The number of halogens is 1. The molecule has 0 aliphatic carbocycles. The first-order chi connectivity index (χ1) is 12.4. The van der Waals surface area contributed by atoms with E-state index in [2.05, 4.69) is 4.90 Å². The molecule has 2 fully saturated rings. The molecule has 1 atom stereocenters. The monoisotopic (exact) mass is 383 g/mol. The van der Waals surface area contributed by atoms with E-state index in [1.165, 1.54) is 12.1 Å². The molecular formula is C18H26FN3O3S. The molecule has 0 aromatic heterocycles. The molecule has 0 radical (unpaired) electrons. The van der Waals surface area contributed by atoms with Gasteiger partial charge in [0.1, 0.15) is 5.82 Å². The Bertz CT molecular complexity index is 731. The summed E-state index contributed by atoms with van der Waals surface area (Å²) in [5, 5.41) is 0. The molecule has 8 heteroatoms. The lowest BCUT2D eigenvalue weighted by Gasteiger charge is -2.37. The molecule has 2 saturated heterocycles. The summed E-state index contributed by atoms with van der Waals surface area (Å²) in [6, 6.07) is 6.36. The van der Waals surface area contributed by atoms with Crippen LogP contribution < -0.4 is 4.90 Å². The zero-order chi connectivity index (χ0) is 18.7. The topological polar surface area (TPSA) is 60.9 Å². The summed E-state index contributed by atoms with van der Waals surface area (Å²) in [5.41, 5.74) is 0.963. The number of piperazine rings is 1. The number of rotatable bonds is 5. The molecule has 0 saturated carbocycles. The standard InChI is InChI=1S/C18H26FN3O3S/c1-2-20(17-7-12-26(24,25)14-17)13-18(23)22-10-8-21(9-11-22)16-5-3-15(19)4-6-16/h3-6,17H,2,7-14H2,1H3. The lowest BCUT2D eigenvalue weighted by atomic mass is 10.2. The molecule has 2 aliphatic rings. The van der Waals surface area contributed by atoms with Crippen LogP contribution in [0.3, 0.4) is 0 Å². The second-order valence-electron chi connectivity index (χ2n) is 6.96. The Morgan fingerprint density at radius 3 is 2.38 bits per heavy atom. The van der Waals surface area contributed by atoms with Crippen LogP contribution in [-0.4, -0.2) is 80.9 Å². The predicted molar refractivity (Wildman–Crippen MR) is 99.5 cm³/mol. The van der Waals surface area contributed by atoms with Crippen molar-refractivity contribution in [3.8, 4) is 0 Å². The highest BCUT2D eigenvalue weighted by Crippen LogP contribution is 2.19. The lowest BCUT2D eigenvalue weighted by Crippen LogP contribution is -2.52. The van der Waals surface area contributed by atoms with Crippen LogP contribution in [0.4, 0.5) is 10.1 Å². The van der Waals surface area contributed by atoms with Gasteiger partial charge in [0.2, 0.25) is 5.91 Å². The highest BCUT2D eigenvalue weighted by atomic mass is 32.2. The van der Waals surface area contributed by atoms with Crippen molar-refractivity contribution < 1.29 is 17.6 Å². The molecule has 6 nitrogen and oxygen atoms in total. The number of anilines is 1. The Morgan fingerprint density at radius 2 is 1.85 bits per heavy atom. The van der Waals surface area contributed by atoms with E-state index in [0.717, 1.165) is 5.69 Å². The maximum absolute atomic E-state index is 13.0. The van der Waals surface area contributed by atoms with E-state index in [4.69, 9.17) is 0 Å². The largest absolute Gasteiger partial charge is 0.368 e. The van der Waals surface area contributed by atoms with Gasteiger partial charge in [-0.15, -0.1) is 0 Å². The van der Waals surface area contributed by atoms with Gasteiger partial charge in [-0.3, -0.25) is 9.69 Å². The van der Waals surface area contributed by atoms with E-state index >= 15 is 0 Å². The molecular weight excluding hydrogens is 357 g/mol. The Balaban J connectivity index is 1.52. The van der Waals surface area contributed by atoms with Crippen LogP contribution in [0.25, 0.3) is 0 Å². The maximum atomic E-state index is 13.0. The van der Waals surface area contributed by atoms with E-state index in [0.29, 0.717) is 39.1 Å². The van der Waals surface area contributed by atoms with Gasteiger partial charge in [0.05, 0.1) is 18.1 Å². The highest BCUT2D eigenvalue weighted by molar-refractivity contribution is 7.91. The molecule has 2 aliphatic heterocycles. The van der Waals surface area contributed by atoms with Crippen molar-refractivity contribution >= 4 is 21.4 Å². The summed E-state index contributed by atoms with van der Waals surface area (Å²) < 4.78 is 36.4. The average Bonchev–Trinajstić information content (AvgIpc) is 3.00. The summed E-state index contributed by atoms with van der Waals surface area (Å²) in [6.45, 7) is 5.56. The van der Waals surface area contributed by atoms with Crippen molar-refractivity contribution in [2.24, 2.45) is 0 Å². The van der Waals surface area contributed by atoms with Gasteiger partial charge in [0.25, 0.3) is 0 Å². The predicted octanol–water partition coefficient (Wildman–Crippen LogP) is 0.983. The van der Waals surface area contributed by atoms with Crippen molar-refractivity contribution in [3.63, 3.8) is 0 Å². The van der Waals surface area contributed by atoms with Crippen molar-refractivity contribution in [1.29, 1.82) is 0 Å². The molecule has 1 unspecified atom stereocenters. The van der Waals surface area contributed by atoms with Crippen LogP contribution in [0.1, 0.15) is 13.3 Å². The molecule has 0 bridgehead atoms. The highest BCUT2D eigenvalue weighted by Gasteiger charge is 2.33. The maximum Gasteiger partial charge on any atom is 0.236 e. The molecule has 144 valence electrons. The Kier molecular flexibility index (Phi) is 5.82. The van der Waals surface area contributed by atoms with Gasteiger partial charge < -0.3 is 9.80 Å². The fourth-order valence-corrected chi connectivity index (χ4v) is 5.46. The summed E-state index contributed by atoms with van der Waals surface area (Å²) in [7, 11) is -2.95. The molecule has 0 N–H and O–H groups in total. The van der Waals surface area contributed by atoms with E-state index in [1.807, 2.05) is 16.7 Å². The third-order valence-corrected chi connectivity index (χ3v) is 7.04. The molecule has 0 spiro atoms. The third kappa shape index (κ3) is 4.54. The van der Waals surface area contributed by atoms with Crippen molar-refractivity contribution in [3.05, 3.63) is 30.1 Å². The fraction of sp³-hybridized carbons (Fsp3) is 0.611. The number of benzene rings is 1. The van der Waals surface area contributed by atoms with Crippen molar-refractivity contribution in [2.45, 2.75) is 19.4 Å². The van der Waals surface area contributed by atoms with Crippen LogP contribution in [0.2, 0.25) is 0 Å². The smallest absolute Gasteiger partial charge is 0.236 e. The Hall–Kier alpha value is -1.67. The van der Waals surface area contributed by atoms with E-state index in [1.54, 1.807) is 12.1 Å². The molecule has 1 aromatic carbocycles. The Morgan fingerprint density at radius 1 is 1.19 bits per heavy atom. The number of hydrogen-bond donors (Lipinski definition) is 0. The van der Waals surface area contributed by atoms with Crippen LogP contribution in [0, 0.1) is 5.82 Å². The lowest BCUT2D eigenvalue weighted by molar-refractivity contribution is -0.133. The fourth-order valence-electron chi connectivity index (χ4n) is 3.70. The SMILES string of the molecule is CCN(CC(=O)N1CCN(c2ccc(F)cc2)CC1)C1CCS(=O)(=O)C1. The number of sulfone groups is 1. The average molecular weight is 383 g/mol. The van der Waals surface area contributed by atoms with Crippen LogP contribution in [0.5, 0.6) is 0 Å². The first-order valence-electron chi connectivity index (χ1n) is 9.11. The number of nitrogens with zero attached hydrogens (tertiary/aromatic N) is 3. The van der Waals surface area contributed by atoms with Crippen LogP contribution in [0.15, 0.2) is 24.3 Å². The number of likely N-dealkylation sites (N-methyl/N-ethyl adjacent to an activating group) is 1. The van der Waals surface area contributed by atoms with Crippen LogP contribution >= 0.6 is 0 Å². The van der Waals surface area contributed by atoms with Gasteiger partial charge in [0.15, 0.2) is 9.84 Å². The van der Waals surface area contributed by atoms with Crippen molar-refractivity contribution in [1.82, 2.24) is 9.80 Å². The molecule has 1 aromatic rings. The second kappa shape index (κ2) is 7.92. The number of carbonyl (C=O) groups is 1. The normalized spacial score (nSPS) is 22.8. The number of carbonyl (C=O) groups excluding carboxylic acids is 1. The molecule has 3 rings (SSSR count). The second-order valence-corrected chi connectivity index (χ2v) is 9.19. The zero-order valence-electron chi connectivity index (χ0n) is 15.1. The van der Waals surface area contributed by atoms with Gasteiger partial charge >= 0.3 is 0 Å². The third-order valence-electron chi connectivity index (χ3n) is 5.29. The van der Waals surface area contributed by atoms with E-state index in [9.17, 15) is 17.6 Å². The summed E-state index contributed by atoms with van der Waals surface area (Å²) in [5.74, 6) is 0.177. The number of amides is 1. The van der Waals surface area contributed by atoms with Gasteiger partial charge in [-0.1, -0.05) is 6.92 Å². The first-order valence-corrected chi connectivity index (χ1v) is 10.9. The Labute approximate surface area is 154 Å². The number of hydrogen-bond acceptors (Lipinski definition) is 5. The van der Waals surface area contributed by atoms with Gasteiger partial charge in [-0.25, -0.2) is 12.8 Å².